The van der Waals surface area contributed by atoms with Crippen molar-refractivity contribution in [2.24, 2.45) is 0 Å². The molecule has 1 fully saturated rings. The van der Waals surface area contributed by atoms with Crippen LogP contribution in [0, 0.1) is 0 Å². The number of hydrogen-bond donors (Lipinski definition) is 0. The number of halogens is 4. The van der Waals surface area contributed by atoms with Gasteiger partial charge in [0.1, 0.15) is 5.82 Å². The zero-order valence-electron chi connectivity index (χ0n) is 14.2. The second kappa shape index (κ2) is 7.08. The van der Waals surface area contributed by atoms with Crippen LogP contribution in [0.4, 0.5) is 19.0 Å². The minimum atomic E-state index is -4.59. The van der Waals surface area contributed by atoms with Gasteiger partial charge in [0.15, 0.2) is 5.65 Å². The third kappa shape index (κ3) is 3.91. The molecule has 1 aliphatic rings. The zero-order valence-corrected chi connectivity index (χ0v) is 15.8. The Kier molecular flexibility index (Phi) is 4.77. The van der Waals surface area contributed by atoms with Crippen molar-refractivity contribution in [3.8, 4) is 0 Å². The van der Waals surface area contributed by atoms with E-state index in [1.165, 1.54) is 11.6 Å². The molecule has 2 aromatic heterocycles. The highest BCUT2D eigenvalue weighted by atomic mass is 79.9. The molecule has 0 bridgehead atoms. The Morgan fingerprint density at radius 1 is 1.00 bits per heavy atom. The molecule has 4 rings (SSSR count). The monoisotopic (exact) mass is 440 g/mol. The number of nitrogens with zero attached hydrogens (tertiary/aromatic N) is 6. The van der Waals surface area contributed by atoms with Crippen molar-refractivity contribution in [2.45, 2.75) is 12.7 Å². The average Bonchev–Trinajstić information content (AvgIpc) is 3.06. The van der Waals surface area contributed by atoms with Gasteiger partial charge in [-0.05, 0) is 29.8 Å². The third-order valence-corrected chi connectivity index (χ3v) is 4.99. The first-order valence-corrected chi connectivity index (χ1v) is 9.21. The van der Waals surface area contributed by atoms with Crippen LogP contribution in [-0.2, 0) is 12.7 Å². The van der Waals surface area contributed by atoms with Gasteiger partial charge in [-0.2, -0.15) is 17.7 Å². The first-order valence-electron chi connectivity index (χ1n) is 8.41. The van der Waals surface area contributed by atoms with Crippen molar-refractivity contribution >= 4 is 27.4 Å². The van der Waals surface area contributed by atoms with Crippen molar-refractivity contribution in [2.75, 3.05) is 31.1 Å². The van der Waals surface area contributed by atoms with Gasteiger partial charge in [0.25, 0.3) is 5.82 Å². The summed E-state index contributed by atoms with van der Waals surface area (Å²) in [6.07, 6.45) is -4.59. The molecule has 0 aliphatic carbocycles. The van der Waals surface area contributed by atoms with E-state index in [4.69, 9.17) is 0 Å². The first-order chi connectivity index (χ1) is 12.9. The van der Waals surface area contributed by atoms with Crippen LogP contribution in [-0.4, -0.2) is 50.9 Å². The fourth-order valence-electron chi connectivity index (χ4n) is 3.15. The molecule has 0 N–H and O–H groups in total. The Hall–Kier alpha value is -2.20. The quantitative estimate of drug-likeness (QED) is 0.625. The van der Waals surface area contributed by atoms with Gasteiger partial charge in [-0.15, -0.1) is 15.3 Å². The van der Waals surface area contributed by atoms with Gasteiger partial charge in [-0.1, -0.05) is 28.1 Å². The Morgan fingerprint density at radius 3 is 2.48 bits per heavy atom. The summed E-state index contributed by atoms with van der Waals surface area (Å²) in [6.45, 7) is 3.83. The minimum absolute atomic E-state index is 0.0827. The second-order valence-electron chi connectivity index (χ2n) is 6.38. The third-order valence-electron chi connectivity index (χ3n) is 4.49. The fraction of sp³-hybridized carbons (Fsp3) is 0.353. The summed E-state index contributed by atoms with van der Waals surface area (Å²) in [4.78, 5) is 4.30. The number of benzene rings is 1. The van der Waals surface area contributed by atoms with E-state index in [1.807, 2.05) is 17.0 Å². The number of rotatable bonds is 3. The highest BCUT2D eigenvalue weighted by Crippen LogP contribution is 2.28. The van der Waals surface area contributed by atoms with Gasteiger partial charge >= 0.3 is 6.18 Å². The van der Waals surface area contributed by atoms with E-state index in [0.717, 1.165) is 28.6 Å². The van der Waals surface area contributed by atoms with Crippen LogP contribution in [0.3, 0.4) is 0 Å². The van der Waals surface area contributed by atoms with E-state index >= 15 is 0 Å². The molecule has 3 aromatic rings. The Morgan fingerprint density at radius 2 is 1.78 bits per heavy atom. The molecule has 10 heteroatoms. The summed E-state index contributed by atoms with van der Waals surface area (Å²) >= 11 is 3.48. The molecule has 0 radical (unpaired) electrons. The van der Waals surface area contributed by atoms with E-state index in [9.17, 15) is 13.2 Å². The SMILES string of the molecule is FC(F)(F)c1nnc2ccc(N3CCN(Cc4cccc(Br)c4)CC3)nn12. The van der Waals surface area contributed by atoms with Gasteiger partial charge < -0.3 is 4.90 Å². The molecule has 142 valence electrons. The fourth-order valence-corrected chi connectivity index (χ4v) is 3.60. The molecule has 0 amide bonds. The predicted octanol–water partition coefficient (Wildman–Crippen LogP) is 3.23. The maximum absolute atomic E-state index is 13.0. The van der Waals surface area contributed by atoms with Gasteiger partial charge in [0.2, 0.25) is 0 Å². The summed E-state index contributed by atoms with van der Waals surface area (Å²) in [5.74, 6) is -0.609. The lowest BCUT2D eigenvalue weighted by Crippen LogP contribution is -2.46. The van der Waals surface area contributed by atoms with Crippen LogP contribution in [0.5, 0.6) is 0 Å². The molecule has 0 atom stereocenters. The molecule has 0 unspecified atom stereocenters. The molecule has 6 nitrogen and oxygen atoms in total. The van der Waals surface area contributed by atoms with Gasteiger partial charge in [0.05, 0.1) is 0 Å². The topological polar surface area (TPSA) is 49.6 Å². The lowest BCUT2D eigenvalue weighted by molar-refractivity contribution is -0.146. The maximum atomic E-state index is 13.0. The molecule has 27 heavy (non-hydrogen) atoms. The highest BCUT2D eigenvalue weighted by Gasteiger charge is 2.37. The number of hydrogen-bond acceptors (Lipinski definition) is 5. The van der Waals surface area contributed by atoms with E-state index in [2.05, 4.69) is 48.3 Å². The van der Waals surface area contributed by atoms with Crippen molar-refractivity contribution in [1.29, 1.82) is 0 Å². The maximum Gasteiger partial charge on any atom is 0.453 e. The van der Waals surface area contributed by atoms with Crippen molar-refractivity contribution in [3.05, 3.63) is 52.3 Å². The standard InChI is InChI=1S/C17H16BrF3N6/c18-13-3-1-2-12(10-13)11-25-6-8-26(9-7-25)15-5-4-14-22-23-16(17(19,20)21)27(14)24-15/h1-5,10H,6-9,11H2. The van der Waals surface area contributed by atoms with E-state index < -0.39 is 12.0 Å². The zero-order chi connectivity index (χ0) is 19.0. The number of piperazine rings is 1. The van der Waals surface area contributed by atoms with E-state index in [1.54, 1.807) is 6.07 Å². The molecular weight excluding hydrogens is 425 g/mol. The number of fused-ring (bicyclic) bond motifs is 1. The molecule has 1 aromatic carbocycles. The van der Waals surface area contributed by atoms with E-state index in [0.29, 0.717) is 18.9 Å². The molecule has 1 saturated heterocycles. The van der Waals surface area contributed by atoms with Gasteiger partial charge in [-0.25, -0.2) is 0 Å². The lowest BCUT2D eigenvalue weighted by atomic mass is 10.2. The molecular formula is C17H16BrF3N6. The van der Waals surface area contributed by atoms with Gasteiger partial charge in [0, 0.05) is 37.2 Å². The first kappa shape index (κ1) is 18.2. The summed E-state index contributed by atoms with van der Waals surface area (Å²) < 4.78 is 40.9. The summed E-state index contributed by atoms with van der Waals surface area (Å²) in [7, 11) is 0. The van der Waals surface area contributed by atoms with Crippen LogP contribution >= 0.6 is 15.9 Å². The van der Waals surface area contributed by atoms with E-state index in [-0.39, 0.29) is 5.65 Å². The minimum Gasteiger partial charge on any atom is -0.353 e. The van der Waals surface area contributed by atoms with Crippen LogP contribution in [0.15, 0.2) is 40.9 Å². The smallest absolute Gasteiger partial charge is 0.353 e. The number of aromatic nitrogens is 4. The summed E-state index contributed by atoms with van der Waals surface area (Å²) in [6, 6.07) is 11.4. The number of alkyl halides is 3. The largest absolute Gasteiger partial charge is 0.453 e. The van der Waals surface area contributed by atoms with Gasteiger partial charge in [-0.3, -0.25) is 4.90 Å². The Balaban J connectivity index is 1.46. The highest BCUT2D eigenvalue weighted by molar-refractivity contribution is 9.10. The van der Waals surface area contributed by atoms with Crippen LogP contribution in [0.1, 0.15) is 11.4 Å². The Labute approximate surface area is 161 Å². The molecule has 3 heterocycles. The number of anilines is 1. The second-order valence-corrected chi connectivity index (χ2v) is 7.29. The van der Waals surface area contributed by atoms with Crippen LogP contribution < -0.4 is 4.90 Å². The predicted molar refractivity (Wildman–Crippen MR) is 97.4 cm³/mol. The Bertz CT molecular complexity index is 949. The summed E-state index contributed by atoms with van der Waals surface area (Å²) in [5.41, 5.74) is 1.30. The average molecular weight is 441 g/mol. The van der Waals surface area contributed by atoms with Crippen LogP contribution in [0.2, 0.25) is 0 Å². The molecule has 0 saturated carbocycles. The molecule has 0 spiro atoms. The normalized spacial score (nSPS) is 16.2. The van der Waals surface area contributed by atoms with Crippen molar-refractivity contribution in [1.82, 2.24) is 24.7 Å². The van der Waals surface area contributed by atoms with Crippen LogP contribution in [0.25, 0.3) is 5.65 Å². The summed E-state index contributed by atoms with van der Waals surface area (Å²) in [5, 5.41) is 10.9. The molecule has 1 aliphatic heterocycles. The lowest BCUT2D eigenvalue weighted by Gasteiger charge is -2.35. The van der Waals surface area contributed by atoms with Crippen molar-refractivity contribution in [3.63, 3.8) is 0 Å². The van der Waals surface area contributed by atoms with Crippen molar-refractivity contribution < 1.29 is 13.2 Å².